The zero-order chi connectivity index (χ0) is 17.9. The van der Waals surface area contributed by atoms with Gasteiger partial charge in [0.25, 0.3) is 5.91 Å². The molecule has 3 aromatic rings. The van der Waals surface area contributed by atoms with Crippen LogP contribution < -0.4 is 0 Å². The molecule has 1 fully saturated rings. The summed E-state index contributed by atoms with van der Waals surface area (Å²) in [6, 6.07) is 21.0. The first-order chi connectivity index (χ1) is 12.6. The Bertz CT molecular complexity index is 1020. The fourth-order valence-corrected chi connectivity index (χ4v) is 4.64. The predicted octanol–water partition coefficient (Wildman–Crippen LogP) is 4.59. The molecule has 0 unspecified atom stereocenters. The first kappa shape index (κ1) is 15.6. The Hall–Kier alpha value is -2.65. The number of amides is 1. The number of aryl methyl sites for hydroxylation is 1. The Morgan fingerprint density at radius 2 is 1.73 bits per heavy atom. The molecule has 3 aromatic carbocycles. The Morgan fingerprint density at radius 1 is 1.04 bits per heavy atom. The summed E-state index contributed by atoms with van der Waals surface area (Å²) in [5, 5.41) is 2.24. The average molecular weight is 343 g/mol. The van der Waals surface area contributed by atoms with Crippen molar-refractivity contribution in [2.75, 3.05) is 13.7 Å². The second-order valence-electron chi connectivity index (χ2n) is 7.41. The number of carbonyl (C=O) groups excluding carboxylic acids is 1. The van der Waals surface area contributed by atoms with E-state index in [9.17, 15) is 4.79 Å². The number of benzene rings is 3. The van der Waals surface area contributed by atoms with Crippen LogP contribution in [0, 0.1) is 6.92 Å². The maximum absolute atomic E-state index is 13.1. The average Bonchev–Trinajstić information content (AvgIpc) is 3.19. The summed E-state index contributed by atoms with van der Waals surface area (Å²) in [5.74, 6) is 0.184. The van der Waals surface area contributed by atoms with Gasteiger partial charge in [-0.15, -0.1) is 0 Å². The number of fused-ring (bicyclic) bond motifs is 3. The van der Waals surface area contributed by atoms with Crippen molar-refractivity contribution >= 4 is 16.7 Å². The highest BCUT2D eigenvalue weighted by molar-refractivity contribution is 6.04. The first-order valence-corrected chi connectivity index (χ1v) is 9.13. The van der Waals surface area contributed by atoms with E-state index in [1.807, 2.05) is 30.1 Å². The summed E-state index contributed by atoms with van der Waals surface area (Å²) in [4.78, 5) is 14.9. The molecule has 1 spiro atoms. The smallest absolute Gasteiger partial charge is 0.256 e. The summed E-state index contributed by atoms with van der Waals surface area (Å²) in [6.07, 6.45) is 0.910. The molecular formula is C23H21NO2. The molecule has 0 bridgehead atoms. The normalized spacial score (nSPS) is 24.6. The summed E-state index contributed by atoms with van der Waals surface area (Å²) in [5.41, 5.74) is 3.54. The number of ether oxygens (including phenoxy) is 1. The van der Waals surface area contributed by atoms with E-state index >= 15 is 0 Å². The van der Waals surface area contributed by atoms with Gasteiger partial charge in [0.15, 0.2) is 5.72 Å². The Balaban J connectivity index is 1.74. The first-order valence-electron chi connectivity index (χ1n) is 9.13. The van der Waals surface area contributed by atoms with Crippen molar-refractivity contribution in [3.8, 4) is 0 Å². The van der Waals surface area contributed by atoms with Gasteiger partial charge in [-0.05, 0) is 41.8 Å². The zero-order valence-corrected chi connectivity index (χ0v) is 15.0. The largest absolute Gasteiger partial charge is 0.350 e. The lowest BCUT2D eigenvalue weighted by Gasteiger charge is -2.37. The maximum Gasteiger partial charge on any atom is 0.256 e. The van der Waals surface area contributed by atoms with Crippen LogP contribution in [0.15, 0.2) is 60.7 Å². The highest BCUT2D eigenvalue weighted by Crippen LogP contribution is 2.54. The van der Waals surface area contributed by atoms with Gasteiger partial charge in [0.05, 0.1) is 6.61 Å². The van der Waals surface area contributed by atoms with Gasteiger partial charge in [0.1, 0.15) is 0 Å². The van der Waals surface area contributed by atoms with E-state index in [0.717, 1.165) is 28.3 Å². The molecule has 3 heteroatoms. The minimum absolute atomic E-state index is 0.0461. The van der Waals surface area contributed by atoms with Crippen molar-refractivity contribution in [2.24, 2.45) is 0 Å². The molecule has 1 amide bonds. The number of hydrogen-bond donors (Lipinski definition) is 0. The van der Waals surface area contributed by atoms with Gasteiger partial charge in [0.2, 0.25) is 0 Å². The molecule has 5 rings (SSSR count). The van der Waals surface area contributed by atoms with Gasteiger partial charge >= 0.3 is 0 Å². The molecule has 1 saturated heterocycles. The predicted molar refractivity (Wildman–Crippen MR) is 102 cm³/mol. The fraction of sp³-hybridized carbons (Fsp3) is 0.261. The zero-order valence-electron chi connectivity index (χ0n) is 15.0. The lowest BCUT2D eigenvalue weighted by molar-refractivity contribution is -0.0996. The molecule has 2 aliphatic rings. The monoisotopic (exact) mass is 343 g/mol. The molecule has 0 aromatic heterocycles. The minimum Gasteiger partial charge on any atom is -0.350 e. The van der Waals surface area contributed by atoms with Crippen molar-refractivity contribution < 1.29 is 9.53 Å². The number of hydrogen-bond acceptors (Lipinski definition) is 2. The maximum atomic E-state index is 13.1. The standard InChI is InChI=1S/C23H21NO2/c1-15-7-9-16(10-8-15)20-11-12-26-23(20)21-14-18-6-4-3-5-17(18)13-19(21)22(25)24(23)2/h3-10,13-14,20H,11-12H2,1-2H3/t20-,23-/m1/s1. The molecule has 2 atom stereocenters. The van der Waals surface area contributed by atoms with Crippen molar-refractivity contribution in [3.05, 3.63) is 82.9 Å². The highest BCUT2D eigenvalue weighted by atomic mass is 16.5. The van der Waals surface area contributed by atoms with Crippen LogP contribution in [-0.2, 0) is 10.5 Å². The Labute approximate surface area is 153 Å². The van der Waals surface area contributed by atoms with Crippen molar-refractivity contribution in [3.63, 3.8) is 0 Å². The van der Waals surface area contributed by atoms with E-state index in [1.165, 1.54) is 11.1 Å². The summed E-state index contributed by atoms with van der Waals surface area (Å²) >= 11 is 0. The second kappa shape index (κ2) is 5.42. The molecule has 3 nitrogen and oxygen atoms in total. The van der Waals surface area contributed by atoms with E-state index in [1.54, 1.807) is 0 Å². The highest BCUT2D eigenvalue weighted by Gasteiger charge is 2.57. The van der Waals surface area contributed by atoms with Gasteiger partial charge in [-0.25, -0.2) is 0 Å². The topological polar surface area (TPSA) is 29.5 Å². The lowest BCUT2D eigenvalue weighted by Crippen LogP contribution is -2.44. The minimum atomic E-state index is -0.703. The molecule has 0 radical (unpaired) electrons. The van der Waals surface area contributed by atoms with Crippen LogP contribution in [0.2, 0.25) is 0 Å². The van der Waals surface area contributed by atoms with Crippen LogP contribution >= 0.6 is 0 Å². The summed E-state index contributed by atoms with van der Waals surface area (Å²) in [6.45, 7) is 2.75. The molecule has 2 aliphatic heterocycles. The molecule has 130 valence electrons. The molecule has 26 heavy (non-hydrogen) atoms. The van der Waals surface area contributed by atoms with Gasteiger partial charge in [-0.2, -0.15) is 0 Å². The van der Waals surface area contributed by atoms with Crippen LogP contribution in [0.3, 0.4) is 0 Å². The third-order valence-corrected chi connectivity index (χ3v) is 5.99. The van der Waals surface area contributed by atoms with Gasteiger partial charge in [-0.3, -0.25) is 4.79 Å². The van der Waals surface area contributed by atoms with Gasteiger partial charge < -0.3 is 9.64 Å². The van der Waals surface area contributed by atoms with Crippen molar-refractivity contribution in [2.45, 2.75) is 25.0 Å². The lowest BCUT2D eigenvalue weighted by atomic mass is 9.82. The van der Waals surface area contributed by atoms with Crippen LogP contribution in [0.25, 0.3) is 10.8 Å². The number of nitrogens with zero attached hydrogens (tertiary/aromatic N) is 1. The van der Waals surface area contributed by atoms with Crippen molar-refractivity contribution in [1.82, 2.24) is 4.90 Å². The van der Waals surface area contributed by atoms with Crippen LogP contribution in [0.5, 0.6) is 0 Å². The van der Waals surface area contributed by atoms with E-state index in [4.69, 9.17) is 4.74 Å². The summed E-state index contributed by atoms with van der Waals surface area (Å²) in [7, 11) is 1.87. The SMILES string of the molecule is Cc1ccc([C@H]2CCO[C@@]23c2cc4ccccc4cc2C(=O)N3C)cc1. The Morgan fingerprint density at radius 3 is 2.46 bits per heavy atom. The van der Waals surface area contributed by atoms with Crippen molar-refractivity contribution in [1.29, 1.82) is 0 Å². The summed E-state index contributed by atoms with van der Waals surface area (Å²) < 4.78 is 6.36. The molecule has 2 heterocycles. The number of likely N-dealkylation sites (N-methyl/N-ethyl adjacent to an activating group) is 1. The molecule has 0 N–H and O–H groups in total. The van der Waals surface area contributed by atoms with E-state index in [2.05, 4.69) is 49.4 Å². The third kappa shape index (κ3) is 1.95. The fourth-order valence-electron chi connectivity index (χ4n) is 4.64. The third-order valence-electron chi connectivity index (χ3n) is 5.99. The van der Waals surface area contributed by atoms with Crippen LogP contribution in [0.4, 0.5) is 0 Å². The van der Waals surface area contributed by atoms with Crippen LogP contribution in [-0.4, -0.2) is 24.5 Å². The van der Waals surface area contributed by atoms with Gasteiger partial charge in [0, 0.05) is 24.1 Å². The van der Waals surface area contributed by atoms with E-state index in [0.29, 0.717) is 6.61 Å². The van der Waals surface area contributed by atoms with Crippen LogP contribution in [0.1, 0.15) is 39.4 Å². The quantitative estimate of drug-likeness (QED) is 0.647. The number of rotatable bonds is 1. The van der Waals surface area contributed by atoms with E-state index in [-0.39, 0.29) is 11.8 Å². The number of carbonyl (C=O) groups is 1. The molecule has 0 aliphatic carbocycles. The Kier molecular flexibility index (Phi) is 3.25. The molecular weight excluding hydrogens is 322 g/mol. The second-order valence-corrected chi connectivity index (χ2v) is 7.41. The molecule has 0 saturated carbocycles. The van der Waals surface area contributed by atoms with Gasteiger partial charge in [-0.1, -0.05) is 54.1 Å². The van der Waals surface area contributed by atoms with E-state index < -0.39 is 5.72 Å².